The number of nitrogens with one attached hydrogen (secondary N) is 2. The summed E-state index contributed by atoms with van der Waals surface area (Å²) in [6, 6.07) is 0. The van der Waals surface area contributed by atoms with Gasteiger partial charge in [-0.25, -0.2) is 0 Å². The van der Waals surface area contributed by atoms with Gasteiger partial charge in [-0.05, 0) is 62.7 Å². The van der Waals surface area contributed by atoms with E-state index in [1.165, 1.54) is 19.3 Å². The van der Waals surface area contributed by atoms with Gasteiger partial charge in [0, 0.05) is 64.8 Å². The van der Waals surface area contributed by atoms with Gasteiger partial charge in [0.05, 0.1) is 6.54 Å². The predicted molar refractivity (Wildman–Crippen MR) is 121 cm³/mol. The van der Waals surface area contributed by atoms with Gasteiger partial charge in [0.15, 0.2) is 0 Å². The number of carbonyl (C=O) groups excluding carboxylic acids is 3. The molecule has 5 fully saturated rings. The van der Waals surface area contributed by atoms with Crippen molar-refractivity contribution in [3.8, 4) is 0 Å². The summed E-state index contributed by atoms with van der Waals surface area (Å²) < 4.78 is 4.98. The molecule has 2 N–H and O–H groups in total. The van der Waals surface area contributed by atoms with Gasteiger partial charge < -0.3 is 20.3 Å². The number of hydrogen-bond acceptors (Lipinski definition) is 5. The molecule has 3 amide bonds. The molecule has 8 heteroatoms. The van der Waals surface area contributed by atoms with Gasteiger partial charge in [-0.2, -0.15) is 0 Å². The van der Waals surface area contributed by atoms with E-state index in [1.54, 1.807) is 7.11 Å². The third-order valence-electron chi connectivity index (χ3n) is 8.08. The zero-order valence-corrected chi connectivity index (χ0v) is 19.6. The SMILES string of the molecule is COCCCNC(=O)CN1CCN(C(=O)CCNC(=O)C23CC4CC(CC(C4)C2)C3)CC1. The van der Waals surface area contributed by atoms with E-state index in [-0.39, 0.29) is 23.1 Å². The molecule has 0 spiro atoms. The second kappa shape index (κ2) is 10.5. The highest BCUT2D eigenvalue weighted by molar-refractivity contribution is 5.84. The Balaban J connectivity index is 1.12. The third kappa shape index (κ3) is 5.63. The molecule has 5 rings (SSSR count). The normalized spacial score (nSPS) is 31.5. The van der Waals surface area contributed by atoms with Crippen LogP contribution in [-0.2, 0) is 19.1 Å². The standard InChI is InChI=1S/C24H40N4O4/c1-32-10-2-4-25-21(29)17-27-6-8-28(9-7-27)22(30)3-5-26-23(31)24-14-18-11-19(15-24)13-20(12-18)16-24/h18-20H,2-17H2,1H3,(H,25,29)(H,26,31). The molecular formula is C24H40N4O4. The number of hydrogen-bond donors (Lipinski definition) is 2. The molecule has 0 unspecified atom stereocenters. The Kier molecular flexibility index (Phi) is 7.71. The van der Waals surface area contributed by atoms with Crippen molar-refractivity contribution in [1.82, 2.24) is 20.4 Å². The van der Waals surface area contributed by atoms with Crippen LogP contribution >= 0.6 is 0 Å². The van der Waals surface area contributed by atoms with E-state index < -0.39 is 0 Å². The Bertz CT molecular complexity index is 654. The van der Waals surface area contributed by atoms with Gasteiger partial charge >= 0.3 is 0 Å². The summed E-state index contributed by atoms with van der Waals surface area (Å²) >= 11 is 0. The molecule has 180 valence electrons. The third-order valence-corrected chi connectivity index (χ3v) is 8.08. The molecule has 0 aromatic carbocycles. The number of piperazine rings is 1. The lowest BCUT2D eigenvalue weighted by atomic mass is 9.49. The van der Waals surface area contributed by atoms with Crippen molar-refractivity contribution < 1.29 is 19.1 Å². The molecule has 0 aromatic heterocycles. The number of amides is 3. The number of methoxy groups -OCH3 is 1. The minimum atomic E-state index is -0.145. The van der Waals surface area contributed by atoms with E-state index >= 15 is 0 Å². The van der Waals surface area contributed by atoms with Gasteiger partial charge in [0.1, 0.15) is 0 Å². The van der Waals surface area contributed by atoms with Crippen LogP contribution in [0.15, 0.2) is 0 Å². The van der Waals surface area contributed by atoms with Gasteiger partial charge in [-0.1, -0.05) is 0 Å². The van der Waals surface area contributed by atoms with Crippen molar-refractivity contribution in [1.29, 1.82) is 0 Å². The molecule has 8 nitrogen and oxygen atoms in total. The molecule has 32 heavy (non-hydrogen) atoms. The Labute approximate surface area is 191 Å². The van der Waals surface area contributed by atoms with Crippen molar-refractivity contribution in [2.75, 3.05) is 59.5 Å². The van der Waals surface area contributed by atoms with Gasteiger partial charge in [0.25, 0.3) is 0 Å². The second-order valence-corrected chi connectivity index (χ2v) is 10.6. The maximum Gasteiger partial charge on any atom is 0.234 e. The Morgan fingerprint density at radius 3 is 2.12 bits per heavy atom. The number of carbonyl (C=O) groups is 3. The van der Waals surface area contributed by atoms with Crippen LogP contribution in [0.1, 0.15) is 51.4 Å². The first-order valence-electron chi connectivity index (χ1n) is 12.5. The Morgan fingerprint density at radius 1 is 0.906 bits per heavy atom. The zero-order chi connectivity index (χ0) is 22.6. The molecule has 4 saturated carbocycles. The van der Waals surface area contributed by atoms with Crippen molar-refractivity contribution in [3.05, 3.63) is 0 Å². The Morgan fingerprint density at radius 2 is 1.53 bits per heavy atom. The number of ether oxygens (including phenoxy) is 1. The van der Waals surface area contributed by atoms with Crippen molar-refractivity contribution in [2.45, 2.75) is 51.4 Å². The van der Waals surface area contributed by atoms with Crippen LogP contribution in [0.3, 0.4) is 0 Å². The molecular weight excluding hydrogens is 408 g/mol. The lowest BCUT2D eigenvalue weighted by molar-refractivity contribution is -0.146. The first-order valence-corrected chi connectivity index (χ1v) is 12.5. The van der Waals surface area contributed by atoms with Gasteiger partial charge in [0.2, 0.25) is 17.7 Å². The molecule has 1 heterocycles. The van der Waals surface area contributed by atoms with Gasteiger partial charge in [-0.15, -0.1) is 0 Å². The fraction of sp³-hybridized carbons (Fsp3) is 0.875. The summed E-state index contributed by atoms with van der Waals surface area (Å²) in [7, 11) is 1.65. The number of nitrogens with zero attached hydrogens (tertiary/aromatic N) is 2. The van der Waals surface area contributed by atoms with E-state index in [0.29, 0.717) is 58.8 Å². The van der Waals surface area contributed by atoms with Crippen LogP contribution in [0.5, 0.6) is 0 Å². The molecule has 0 aromatic rings. The maximum absolute atomic E-state index is 13.0. The van der Waals surface area contributed by atoms with Crippen molar-refractivity contribution in [2.24, 2.45) is 23.2 Å². The van der Waals surface area contributed by atoms with E-state index in [1.807, 2.05) is 4.90 Å². The average molecular weight is 449 g/mol. The summed E-state index contributed by atoms with van der Waals surface area (Å²) in [5.41, 5.74) is -0.145. The van der Waals surface area contributed by atoms with Crippen molar-refractivity contribution >= 4 is 17.7 Å². The lowest BCUT2D eigenvalue weighted by Crippen LogP contribution is -2.54. The molecule has 5 aliphatic rings. The van der Waals surface area contributed by atoms with Crippen LogP contribution in [0.25, 0.3) is 0 Å². The second-order valence-electron chi connectivity index (χ2n) is 10.6. The summed E-state index contributed by atoms with van der Waals surface area (Å²) in [6.07, 6.45) is 8.31. The van der Waals surface area contributed by atoms with Crippen LogP contribution in [0, 0.1) is 23.2 Å². The minimum Gasteiger partial charge on any atom is -0.385 e. The van der Waals surface area contributed by atoms with E-state index in [4.69, 9.17) is 4.74 Å². The fourth-order valence-corrected chi connectivity index (χ4v) is 6.88. The van der Waals surface area contributed by atoms with Crippen LogP contribution < -0.4 is 10.6 Å². The summed E-state index contributed by atoms with van der Waals surface area (Å²) in [6.45, 7) is 4.76. The van der Waals surface area contributed by atoms with Crippen molar-refractivity contribution in [3.63, 3.8) is 0 Å². The molecule has 1 saturated heterocycles. The lowest BCUT2D eigenvalue weighted by Gasteiger charge is -2.55. The molecule has 0 atom stereocenters. The highest BCUT2D eigenvalue weighted by atomic mass is 16.5. The smallest absolute Gasteiger partial charge is 0.234 e. The van der Waals surface area contributed by atoms with Crippen LogP contribution in [0.2, 0.25) is 0 Å². The quantitative estimate of drug-likeness (QED) is 0.487. The highest BCUT2D eigenvalue weighted by Crippen LogP contribution is 2.60. The summed E-state index contributed by atoms with van der Waals surface area (Å²) in [5, 5.41) is 6.02. The monoisotopic (exact) mass is 448 g/mol. The van der Waals surface area contributed by atoms with Crippen LogP contribution in [-0.4, -0.2) is 87.1 Å². The summed E-state index contributed by atoms with van der Waals surface area (Å²) in [5.74, 6) is 2.56. The highest BCUT2D eigenvalue weighted by Gasteiger charge is 2.54. The molecule has 0 radical (unpaired) electrons. The van der Waals surface area contributed by atoms with E-state index in [0.717, 1.165) is 43.4 Å². The first-order chi connectivity index (χ1) is 15.5. The number of rotatable bonds is 10. The summed E-state index contributed by atoms with van der Waals surface area (Å²) in [4.78, 5) is 41.6. The van der Waals surface area contributed by atoms with Crippen LogP contribution in [0.4, 0.5) is 0 Å². The fourth-order valence-electron chi connectivity index (χ4n) is 6.88. The molecule has 4 bridgehead atoms. The largest absolute Gasteiger partial charge is 0.385 e. The topological polar surface area (TPSA) is 91.0 Å². The maximum atomic E-state index is 13.0. The minimum absolute atomic E-state index is 0.0215. The first kappa shape index (κ1) is 23.5. The van der Waals surface area contributed by atoms with Gasteiger partial charge in [-0.3, -0.25) is 19.3 Å². The zero-order valence-electron chi connectivity index (χ0n) is 19.6. The Hall–Kier alpha value is -1.67. The average Bonchev–Trinajstić information content (AvgIpc) is 2.76. The molecule has 4 aliphatic carbocycles. The predicted octanol–water partition coefficient (Wildman–Crippen LogP) is 1.01. The molecule has 1 aliphatic heterocycles. The van der Waals surface area contributed by atoms with E-state index in [9.17, 15) is 14.4 Å². The van der Waals surface area contributed by atoms with E-state index in [2.05, 4.69) is 15.5 Å².